The summed E-state index contributed by atoms with van der Waals surface area (Å²) in [6.07, 6.45) is 57.4. The summed E-state index contributed by atoms with van der Waals surface area (Å²) < 4.78 is 16.7. The van der Waals surface area contributed by atoms with Crippen molar-refractivity contribution in [2.45, 2.75) is 226 Å². The molecule has 0 heterocycles. The van der Waals surface area contributed by atoms with E-state index in [2.05, 4.69) is 93.7 Å². The number of rotatable bonds is 42. The molecule has 0 aromatic rings. The van der Waals surface area contributed by atoms with E-state index in [9.17, 15) is 14.4 Å². The van der Waals surface area contributed by atoms with Crippen molar-refractivity contribution in [3.05, 3.63) is 72.9 Å². The topological polar surface area (TPSA) is 78.9 Å². The Bertz CT molecular complexity index is 1110. The molecule has 0 radical (unpaired) electrons. The number of esters is 3. The van der Waals surface area contributed by atoms with Gasteiger partial charge in [-0.05, 0) is 83.5 Å². The predicted octanol–water partition coefficient (Wildman–Crippen LogP) is 15.5. The average molecular weight is 809 g/mol. The van der Waals surface area contributed by atoms with Gasteiger partial charge in [-0.2, -0.15) is 0 Å². The molecule has 0 fully saturated rings. The van der Waals surface area contributed by atoms with Gasteiger partial charge < -0.3 is 14.2 Å². The third-order valence-electron chi connectivity index (χ3n) is 9.93. The van der Waals surface area contributed by atoms with E-state index in [-0.39, 0.29) is 31.1 Å². The Hall–Kier alpha value is -3.15. The van der Waals surface area contributed by atoms with Gasteiger partial charge in [-0.1, -0.05) is 190 Å². The number of carbonyl (C=O) groups excluding carboxylic acids is 3. The maximum absolute atomic E-state index is 12.7. The molecule has 0 rings (SSSR count). The van der Waals surface area contributed by atoms with Gasteiger partial charge in [0.2, 0.25) is 0 Å². The van der Waals surface area contributed by atoms with Gasteiger partial charge in [0.1, 0.15) is 13.2 Å². The second-order valence-electron chi connectivity index (χ2n) is 15.6. The smallest absolute Gasteiger partial charge is 0.306 e. The van der Waals surface area contributed by atoms with Gasteiger partial charge in [-0.15, -0.1) is 0 Å². The van der Waals surface area contributed by atoms with Gasteiger partial charge in [0.25, 0.3) is 0 Å². The minimum Gasteiger partial charge on any atom is -0.462 e. The molecule has 0 spiro atoms. The van der Waals surface area contributed by atoms with E-state index in [0.717, 1.165) is 122 Å². The summed E-state index contributed by atoms with van der Waals surface area (Å²) in [5.41, 5.74) is 0. The van der Waals surface area contributed by atoms with Crippen LogP contribution < -0.4 is 0 Å². The Morgan fingerprint density at radius 3 is 1.12 bits per heavy atom. The average Bonchev–Trinajstić information content (AvgIpc) is 3.22. The van der Waals surface area contributed by atoms with Crippen LogP contribution in [0.4, 0.5) is 0 Å². The lowest BCUT2D eigenvalue weighted by Crippen LogP contribution is -2.30. The zero-order valence-corrected chi connectivity index (χ0v) is 37.8. The minimum atomic E-state index is -0.784. The molecule has 0 aromatic heterocycles. The van der Waals surface area contributed by atoms with Crippen LogP contribution in [-0.2, 0) is 28.6 Å². The highest BCUT2D eigenvalue weighted by atomic mass is 16.6. The number of unbranched alkanes of at least 4 members (excludes halogenated alkanes) is 19. The van der Waals surface area contributed by atoms with Crippen LogP contribution in [-0.4, -0.2) is 37.2 Å². The second-order valence-corrected chi connectivity index (χ2v) is 15.6. The van der Waals surface area contributed by atoms with Crippen molar-refractivity contribution in [1.29, 1.82) is 0 Å². The first kappa shape index (κ1) is 54.9. The molecule has 0 aliphatic heterocycles. The molecule has 0 saturated heterocycles. The maximum atomic E-state index is 12.7. The van der Waals surface area contributed by atoms with Gasteiger partial charge in [0, 0.05) is 19.3 Å². The molecule has 0 aliphatic rings. The normalized spacial score (nSPS) is 12.7. The van der Waals surface area contributed by atoms with E-state index in [0.29, 0.717) is 19.3 Å². The van der Waals surface area contributed by atoms with Crippen molar-refractivity contribution >= 4 is 17.9 Å². The van der Waals surface area contributed by atoms with Crippen molar-refractivity contribution in [1.82, 2.24) is 0 Å². The summed E-state index contributed by atoms with van der Waals surface area (Å²) >= 11 is 0. The van der Waals surface area contributed by atoms with Gasteiger partial charge in [-0.3, -0.25) is 14.4 Å². The fraction of sp³-hybridized carbons (Fsp3) is 0.712. The summed E-state index contributed by atoms with van der Waals surface area (Å²) in [6, 6.07) is 0. The molecule has 0 aliphatic carbocycles. The Morgan fingerprint density at radius 2 is 0.707 bits per heavy atom. The van der Waals surface area contributed by atoms with Crippen LogP contribution in [0, 0.1) is 0 Å². The summed E-state index contributed by atoms with van der Waals surface area (Å²) in [4.78, 5) is 37.7. The maximum Gasteiger partial charge on any atom is 0.306 e. The number of allylic oxidation sites excluding steroid dienone is 12. The Kier molecular flexibility index (Phi) is 44.0. The Balaban J connectivity index is 4.34. The van der Waals surface area contributed by atoms with Crippen molar-refractivity contribution in [2.75, 3.05) is 13.2 Å². The molecule has 6 heteroatoms. The van der Waals surface area contributed by atoms with Crippen LogP contribution in [0.1, 0.15) is 220 Å². The van der Waals surface area contributed by atoms with Crippen LogP contribution in [0.2, 0.25) is 0 Å². The molecule has 0 saturated carbocycles. The first-order chi connectivity index (χ1) is 28.5. The van der Waals surface area contributed by atoms with E-state index in [1.165, 1.54) is 57.8 Å². The van der Waals surface area contributed by atoms with Gasteiger partial charge in [-0.25, -0.2) is 0 Å². The molecule has 1 atom stereocenters. The van der Waals surface area contributed by atoms with Gasteiger partial charge in [0.05, 0.1) is 0 Å². The molecule has 0 amide bonds. The van der Waals surface area contributed by atoms with Crippen LogP contribution in [0.5, 0.6) is 0 Å². The lowest BCUT2D eigenvalue weighted by molar-refractivity contribution is -0.167. The van der Waals surface area contributed by atoms with Crippen molar-refractivity contribution in [3.63, 3.8) is 0 Å². The molecule has 332 valence electrons. The van der Waals surface area contributed by atoms with Crippen LogP contribution in [0.25, 0.3) is 0 Å². The largest absolute Gasteiger partial charge is 0.462 e. The van der Waals surface area contributed by atoms with E-state index < -0.39 is 6.10 Å². The molecule has 1 unspecified atom stereocenters. The highest BCUT2D eigenvalue weighted by molar-refractivity contribution is 5.71. The fourth-order valence-corrected chi connectivity index (χ4v) is 6.35. The van der Waals surface area contributed by atoms with E-state index in [1.54, 1.807) is 0 Å². The van der Waals surface area contributed by atoms with Crippen LogP contribution in [0.3, 0.4) is 0 Å². The predicted molar refractivity (Wildman–Crippen MR) is 247 cm³/mol. The number of ether oxygens (including phenoxy) is 3. The molecular formula is C52H88O6. The van der Waals surface area contributed by atoms with E-state index >= 15 is 0 Å². The van der Waals surface area contributed by atoms with Crippen LogP contribution >= 0.6 is 0 Å². The molecular weight excluding hydrogens is 721 g/mol. The Morgan fingerprint density at radius 1 is 0.362 bits per heavy atom. The van der Waals surface area contributed by atoms with Crippen molar-refractivity contribution < 1.29 is 28.6 Å². The fourth-order valence-electron chi connectivity index (χ4n) is 6.35. The zero-order valence-electron chi connectivity index (χ0n) is 37.8. The van der Waals surface area contributed by atoms with Crippen molar-refractivity contribution in [2.24, 2.45) is 0 Å². The molecule has 0 aromatic carbocycles. The SMILES string of the molecule is CC/C=C\C/C=C\C/C=C\C/C=C\CCCCCCCCC(=O)OCC(COC(=O)CCCCCCCCCC)OC(=O)CCCCCCC/C=C\C/C=C\CCC. The molecule has 0 bridgehead atoms. The molecule has 58 heavy (non-hydrogen) atoms. The summed E-state index contributed by atoms with van der Waals surface area (Å²) in [6.45, 7) is 6.39. The molecule has 6 nitrogen and oxygen atoms in total. The van der Waals surface area contributed by atoms with E-state index in [1.807, 2.05) is 0 Å². The van der Waals surface area contributed by atoms with Crippen molar-refractivity contribution in [3.8, 4) is 0 Å². The third-order valence-corrected chi connectivity index (χ3v) is 9.93. The zero-order chi connectivity index (χ0) is 42.3. The second kappa shape index (κ2) is 46.5. The lowest BCUT2D eigenvalue weighted by Gasteiger charge is -2.18. The van der Waals surface area contributed by atoms with Gasteiger partial charge >= 0.3 is 17.9 Å². The minimum absolute atomic E-state index is 0.0856. The number of carbonyl (C=O) groups is 3. The Labute approximate surface area is 357 Å². The van der Waals surface area contributed by atoms with Gasteiger partial charge in [0.15, 0.2) is 6.10 Å². The summed E-state index contributed by atoms with van der Waals surface area (Å²) in [5, 5.41) is 0. The highest BCUT2D eigenvalue weighted by Crippen LogP contribution is 2.13. The monoisotopic (exact) mass is 809 g/mol. The number of hydrogen-bond donors (Lipinski definition) is 0. The number of hydrogen-bond acceptors (Lipinski definition) is 6. The summed E-state index contributed by atoms with van der Waals surface area (Å²) in [7, 11) is 0. The standard InChI is InChI=1S/C52H88O6/c1-4-7-10-13-16-19-21-23-24-25-26-27-28-30-31-33-36-39-42-45-51(54)57-48-49(47-56-50(53)44-41-38-35-18-15-12-9-6-3)58-52(55)46-43-40-37-34-32-29-22-20-17-14-11-8-5-2/h7,10-11,14,16,19-20,22-24,26-27,49H,4-6,8-9,12-13,15,17-18,21,25,28-48H2,1-3H3/b10-7-,14-11-,19-16-,22-20-,24-23-,27-26-. The lowest BCUT2D eigenvalue weighted by atomic mass is 10.1. The first-order valence-corrected chi connectivity index (χ1v) is 23.9. The highest BCUT2D eigenvalue weighted by Gasteiger charge is 2.19. The first-order valence-electron chi connectivity index (χ1n) is 23.9. The molecule has 0 N–H and O–H groups in total. The quantitative estimate of drug-likeness (QED) is 0.0264. The van der Waals surface area contributed by atoms with Crippen LogP contribution in [0.15, 0.2) is 72.9 Å². The summed E-state index contributed by atoms with van der Waals surface area (Å²) in [5.74, 6) is -0.922. The third kappa shape index (κ3) is 44.0. The van der Waals surface area contributed by atoms with E-state index in [4.69, 9.17) is 14.2 Å².